The molecule has 35 heavy (non-hydrogen) atoms. The van der Waals surface area contributed by atoms with E-state index in [1.807, 2.05) is 18.2 Å². The molecule has 3 heterocycles. The summed E-state index contributed by atoms with van der Waals surface area (Å²) in [5.41, 5.74) is 9.32. The van der Waals surface area contributed by atoms with Crippen LogP contribution in [0.15, 0.2) is 127 Å². The average molecular weight is 448 g/mol. The minimum absolute atomic E-state index is 0.920. The standard InChI is InChI=1S/C32H21N3/c1-3-11-22(12-4-1)25-19-28(23-13-5-2-6-14-23)33-29(20-25)31-21-24-15-7-8-16-26(24)32-34-27-17-9-10-18-30(27)35(31)32/h1-21H. The van der Waals surface area contributed by atoms with Gasteiger partial charge in [0.1, 0.15) is 5.65 Å². The van der Waals surface area contributed by atoms with E-state index in [1.165, 1.54) is 5.56 Å². The Labute approximate surface area is 203 Å². The van der Waals surface area contributed by atoms with Crippen molar-refractivity contribution in [2.75, 3.05) is 0 Å². The maximum Gasteiger partial charge on any atom is 0.146 e. The lowest BCUT2D eigenvalue weighted by molar-refractivity contribution is 1.20. The van der Waals surface area contributed by atoms with Crippen molar-refractivity contribution >= 4 is 27.5 Å². The van der Waals surface area contributed by atoms with Crippen LogP contribution in [-0.4, -0.2) is 14.4 Å². The third kappa shape index (κ3) is 3.29. The molecule has 3 nitrogen and oxygen atoms in total. The first-order chi connectivity index (χ1) is 17.3. The molecule has 0 aliphatic heterocycles. The van der Waals surface area contributed by atoms with Crippen LogP contribution in [0.3, 0.4) is 0 Å². The van der Waals surface area contributed by atoms with Crippen molar-refractivity contribution in [1.29, 1.82) is 0 Å². The highest BCUT2D eigenvalue weighted by Gasteiger charge is 2.16. The largest absolute Gasteiger partial charge is 0.290 e. The molecule has 0 unspecified atom stereocenters. The van der Waals surface area contributed by atoms with Crippen LogP contribution >= 0.6 is 0 Å². The highest BCUT2D eigenvalue weighted by molar-refractivity contribution is 6.01. The van der Waals surface area contributed by atoms with Crippen molar-refractivity contribution in [2.24, 2.45) is 0 Å². The predicted octanol–water partition coefficient (Wildman–Crippen LogP) is 8.04. The number of rotatable bonds is 3. The number of hydrogen-bond donors (Lipinski definition) is 0. The SMILES string of the molecule is c1ccc(-c2cc(-c3ccccc3)nc(-c3cc4ccccc4c4nc5ccccc5n34)c2)cc1. The van der Waals surface area contributed by atoms with Gasteiger partial charge in [-0.2, -0.15) is 0 Å². The van der Waals surface area contributed by atoms with Gasteiger partial charge in [0.2, 0.25) is 0 Å². The minimum atomic E-state index is 0.920. The maximum absolute atomic E-state index is 5.19. The number of aromatic nitrogens is 3. The Morgan fingerprint density at radius 1 is 0.486 bits per heavy atom. The second-order valence-electron chi connectivity index (χ2n) is 8.73. The summed E-state index contributed by atoms with van der Waals surface area (Å²) in [6.07, 6.45) is 0. The molecule has 0 radical (unpaired) electrons. The number of fused-ring (bicyclic) bond motifs is 5. The van der Waals surface area contributed by atoms with Gasteiger partial charge in [0, 0.05) is 10.9 Å². The first-order valence-corrected chi connectivity index (χ1v) is 11.8. The third-order valence-corrected chi connectivity index (χ3v) is 6.56. The smallest absolute Gasteiger partial charge is 0.146 e. The number of pyridine rings is 2. The molecule has 3 aromatic heterocycles. The maximum atomic E-state index is 5.19. The molecule has 7 rings (SSSR count). The van der Waals surface area contributed by atoms with Crippen molar-refractivity contribution < 1.29 is 0 Å². The molecule has 7 aromatic rings. The van der Waals surface area contributed by atoms with Gasteiger partial charge in [-0.25, -0.2) is 9.97 Å². The van der Waals surface area contributed by atoms with E-state index < -0.39 is 0 Å². The van der Waals surface area contributed by atoms with Crippen LogP contribution in [-0.2, 0) is 0 Å². The van der Waals surface area contributed by atoms with Crippen LogP contribution in [0.2, 0.25) is 0 Å². The molecule has 0 aliphatic carbocycles. The van der Waals surface area contributed by atoms with E-state index in [2.05, 4.69) is 114 Å². The summed E-state index contributed by atoms with van der Waals surface area (Å²) in [5, 5.41) is 2.29. The fraction of sp³-hybridized carbons (Fsp3) is 0. The molecule has 0 amide bonds. The van der Waals surface area contributed by atoms with Gasteiger partial charge in [-0.3, -0.25) is 4.40 Å². The van der Waals surface area contributed by atoms with Crippen LogP contribution in [0, 0.1) is 0 Å². The van der Waals surface area contributed by atoms with Gasteiger partial charge in [0.05, 0.1) is 28.1 Å². The lowest BCUT2D eigenvalue weighted by Gasteiger charge is -2.13. The number of imidazole rings is 1. The van der Waals surface area contributed by atoms with Crippen molar-refractivity contribution in [3.8, 4) is 33.8 Å². The molecule has 164 valence electrons. The van der Waals surface area contributed by atoms with Crippen LogP contribution in [0.5, 0.6) is 0 Å². The quantitative estimate of drug-likeness (QED) is 0.274. The second-order valence-corrected chi connectivity index (χ2v) is 8.73. The first kappa shape index (κ1) is 19.7. The van der Waals surface area contributed by atoms with Gasteiger partial charge in [0.15, 0.2) is 0 Å². The second kappa shape index (κ2) is 7.93. The number of hydrogen-bond acceptors (Lipinski definition) is 2. The van der Waals surface area contributed by atoms with Crippen molar-refractivity contribution in [3.63, 3.8) is 0 Å². The molecule has 0 atom stereocenters. The third-order valence-electron chi connectivity index (χ3n) is 6.56. The first-order valence-electron chi connectivity index (χ1n) is 11.8. The fourth-order valence-electron chi connectivity index (χ4n) is 4.89. The van der Waals surface area contributed by atoms with Crippen molar-refractivity contribution in [1.82, 2.24) is 14.4 Å². The summed E-state index contributed by atoms with van der Waals surface area (Å²) in [4.78, 5) is 10.2. The number of para-hydroxylation sites is 2. The van der Waals surface area contributed by atoms with Crippen LogP contribution in [0.1, 0.15) is 0 Å². The molecule has 0 saturated carbocycles. The Kier molecular flexibility index (Phi) is 4.46. The zero-order chi connectivity index (χ0) is 23.2. The van der Waals surface area contributed by atoms with Gasteiger partial charge in [-0.1, -0.05) is 97.1 Å². The Hall–Kier alpha value is -4.76. The average Bonchev–Trinajstić information content (AvgIpc) is 3.33. The Bertz CT molecular complexity index is 1780. The molecule has 3 heteroatoms. The van der Waals surface area contributed by atoms with Crippen molar-refractivity contribution in [2.45, 2.75) is 0 Å². The van der Waals surface area contributed by atoms with E-state index in [0.29, 0.717) is 0 Å². The monoisotopic (exact) mass is 447 g/mol. The van der Waals surface area contributed by atoms with Crippen LogP contribution in [0.25, 0.3) is 61.2 Å². The van der Waals surface area contributed by atoms with Gasteiger partial charge in [0.25, 0.3) is 0 Å². The summed E-state index contributed by atoms with van der Waals surface area (Å²) < 4.78 is 2.25. The van der Waals surface area contributed by atoms with Crippen LogP contribution < -0.4 is 0 Å². The fourth-order valence-corrected chi connectivity index (χ4v) is 4.89. The molecule has 0 spiro atoms. The molecule has 4 aromatic carbocycles. The van der Waals surface area contributed by atoms with Gasteiger partial charge in [-0.05, 0) is 46.8 Å². The van der Waals surface area contributed by atoms with E-state index in [-0.39, 0.29) is 0 Å². The van der Waals surface area contributed by atoms with E-state index in [4.69, 9.17) is 9.97 Å². The molecular weight excluding hydrogens is 426 g/mol. The Morgan fingerprint density at radius 3 is 1.97 bits per heavy atom. The topological polar surface area (TPSA) is 30.2 Å². The summed E-state index contributed by atoms with van der Waals surface area (Å²) >= 11 is 0. The van der Waals surface area contributed by atoms with Gasteiger partial charge >= 0.3 is 0 Å². The minimum Gasteiger partial charge on any atom is -0.290 e. The van der Waals surface area contributed by atoms with E-state index >= 15 is 0 Å². The van der Waals surface area contributed by atoms with E-state index in [9.17, 15) is 0 Å². The number of nitrogens with zero attached hydrogens (tertiary/aromatic N) is 3. The zero-order valence-electron chi connectivity index (χ0n) is 19.0. The Morgan fingerprint density at radius 2 is 1.14 bits per heavy atom. The lowest BCUT2D eigenvalue weighted by Crippen LogP contribution is -1.98. The molecule has 0 bridgehead atoms. The van der Waals surface area contributed by atoms with Crippen molar-refractivity contribution in [3.05, 3.63) is 127 Å². The van der Waals surface area contributed by atoms with Gasteiger partial charge < -0.3 is 0 Å². The molecule has 0 saturated heterocycles. The normalized spacial score (nSPS) is 11.4. The summed E-state index contributed by atoms with van der Waals surface area (Å²) in [7, 11) is 0. The van der Waals surface area contributed by atoms with Gasteiger partial charge in [-0.15, -0.1) is 0 Å². The molecule has 0 aliphatic rings. The lowest BCUT2D eigenvalue weighted by atomic mass is 10.0. The zero-order valence-corrected chi connectivity index (χ0v) is 19.0. The van der Waals surface area contributed by atoms with Crippen LogP contribution in [0.4, 0.5) is 0 Å². The molecule has 0 fully saturated rings. The van der Waals surface area contributed by atoms with E-state index in [1.54, 1.807) is 0 Å². The summed E-state index contributed by atoms with van der Waals surface area (Å²) in [5.74, 6) is 0. The highest BCUT2D eigenvalue weighted by atomic mass is 15.0. The molecule has 0 N–H and O–H groups in total. The highest BCUT2D eigenvalue weighted by Crippen LogP contribution is 2.34. The number of benzene rings is 4. The summed E-state index contributed by atoms with van der Waals surface area (Å²) in [6.45, 7) is 0. The van der Waals surface area contributed by atoms with E-state index in [0.717, 1.165) is 55.7 Å². The Balaban J connectivity index is 1.60. The molecular formula is C32H21N3. The predicted molar refractivity (Wildman–Crippen MR) is 144 cm³/mol. The summed E-state index contributed by atoms with van der Waals surface area (Å²) in [6, 6.07) is 44.3.